The molecule has 0 heterocycles. The Kier molecular flexibility index (Phi) is 8.26. The van der Waals surface area contributed by atoms with Gasteiger partial charge in [0.15, 0.2) is 18.1 Å². The van der Waals surface area contributed by atoms with Crippen LogP contribution in [0.2, 0.25) is 5.02 Å². The molecule has 1 N–H and O–H groups in total. The standard InChI is InChI=1S/C24H21ClN2O6/c1-30-19-8-4-17(5-9-19)24(29)33-22-13-16(3-12-21(22)31-2)14-26-27-23(28)15-32-20-10-6-18(25)7-11-20/h3-14H,15H2,1-2H3,(H,27,28)/b26-14+. The van der Waals surface area contributed by atoms with Crippen molar-refractivity contribution in [3.63, 3.8) is 0 Å². The maximum absolute atomic E-state index is 12.5. The van der Waals surface area contributed by atoms with E-state index in [2.05, 4.69) is 10.5 Å². The number of nitrogens with zero attached hydrogens (tertiary/aromatic N) is 1. The second kappa shape index (κ2) is 11.5. The minimum Gasteiger partial charge on any atom is -0.497 e. The van der Waals surface area contributed by atoms with Crippen LogP contribution >= 0.6 is 11.6 Å². The van der Waals surface area contributed by atoms with Gasteiger partial charge in [-0.3, -0.25) is 4.79 Å². The first-order valence-electron chi connectivity index (χ1n) is 9.73. The third kappa shape index (κ3) is 6.98. The quantitative estimate of drug-likeness (QED) is 0.220. The molecule has 33 heavy (non-hydrogen) atoms. The summed E-state index contributed by atoms with van der Waals surface area (Å²) in [6, 6.07) is 18.1. The van der Waals surface area contributed by atoms with Gasteiger partial charge in [0.05, 0.1) is 26.0 Å². The van der Waals surface area contributed by atoms with Crippen molar-refractivity contribution in [1.82, 2.24) is 5.43 Å². The second-order valence-corrected chi connectivity index (χ2v) is 7.00. The molecule has 3 aromatic carbocycles. The number of hydrogen-bond acceptors (Lipinski definition) is 7. The van der Waals surface area contributed by atoms with Gasteiger partial charge in [0, 0.05) is 5.02 Å². The van der Waals surface area contributed by atoms with Gasteiger partial charge in [-0.15, -0.1) is 0 Å². The SMILES string of the molecule is COc1ccc(C(=O)Oc2cc(/C=N/NC(=O)COc3ccc(Cl)cc3)ccc2OC)cc1. The summed E-state index contributed by atoms with van der Waals surface area (Å²) in [6.45, 7) is -0.216. The maximum Gasteiger partial charge on any atom is 0.343 e. The van der Waals surface area contributed by atoms with Gasteiger partial charge in [-0.2, -0.15) is 5.10 Å². The molecule has 0 fully saturated rings. The van der Waals surface area contributed by atoms with Crippen molar-refractivity contribution in [2.75, 3.05) is 20.8 Å². The predicted molar refractivity (Wildman–Crippen MR) is 124 cm³/mol. The zero-order valence-electron chi connectivity index (χ0n) is 17.9. The zero-order chi connectivity index (χ0) is 23.6. The number of carbonyl (C=O) groups excluding carboxylic acids is 2. The summed E-state index contributed by atoms with van der Waals surface area (Å²) in [5.41, 5.74) is 3.29. The molecule has 0 radical (unpaired) electrons. The predicted octanol–water partition coefficient (Wildman–Crippen LogP) is 4.11. The lowest BCUT2D eigenvalue weighted by molar-refractivity contribution is -0.123. The van der Waals surface area contributed by atoms with Crippen LogP contribution in [0.4, 0.5) is 0 Å². The topological polar surface area (TPSA) is 95.5 Å². The number of ether oxygens (including phenoxy) is 4. The van der Waals surface area contributed by atoms with Gasteiger partial charge in [-0.25, -0.2) is 10.2 Å². The Morgan fingerprint density at radius 1 is 0.909 bits per heavy atom. The molecule has 9 heteroatoms. The highest BCUT2D eigenvalue weighted by atomic mass is 35.5. The van der Waals surface area contributed by atoms with Crippen LogP contribution in [0.5, 0.6) is 23.0 Å². The number of methoxy groups -OCH3 is 2. The minimum absolute atomic E-state index is 0.208. The number of halogens is 1. The van der Waals surface area contributed by atoms with Crippen molar-refractivity contribution in [3.05, 3.63) is 82.9 Å². The molecule has 1 amide bonds. The molecule has 0 atom stereocenters. The van der Waals surface area contributed by atoms with E-state index in [9.17, 15) is 9.59 Å². The van der Waals surface area contributed by atoms with Crippen molar-refractivity contribution in [2.45, 2.75) is 0 Å². The van der Waals surface area contributed by atoms with Crippen LogP contribution in [0.25, 0.3) is 0 Å². The number of hydrogen-bond donors (Lipinski definition) is 1. The average molecular weight is 469 g/mol. The number of esters is 1. The molecule has 0 spiro atoms. The molecule has 3 aromatic rings. The highest BCUT2D eigenvalue weighted by molar-refractivity contribution is 6.30. The first-order chi connectivity index (χ1) is 16.0. The van der Waals surface area contributed by atoms with Crippen LogP contribution in [0.15, 0.2) is 71.8 Å². The lowest BCUT2D eigenvalue weighted by Crippen LogP contribution is -2.24. The van der Waals surface area contributed by atoms with Gasteiger partial charge >= 0.3 is 5.97 Å². The highest BCUT2D eigenvalue weighted by Crippen LogP contribution is 2.28. The van der Waals surface area contributed by atoms with Crippen molar-refractivity contribution in [3.8, 4) is 23.0 Å². The maximum atomic E-state index is 12.5. The van der Waals surface area contributed by atoms with Crippen molar-refractivity contribution in [2.24, 2.45) is 5.10 Å². The number of benzene rings is 3. The van der Waals surface area contributed by atoms with Crippen molar-refractivity contribution < 1.29 is 28.5 Å². The third-order valence-corrected chi connectivity index (χ3v) is 4.55. The largest absolute Gasteiger partial charge is 0.497 e. The van der Waals surface area contributed by atoms with Crippen LogP contribution in [-0.4, -0.2) is 38.9 Å². The normalized spacial score (nSPS) is 10.5. The van der Waals surface area contributed by atoms with Crippen LogP contribution in [0.1, 0.15) is 15.9 Å². The number of amides is 1. The van der Waals surface area contributed by atoms with E-state index >= 15 is 0 Å². The molecule has 0 aliphatic heterocycles. The fourth-order valence-corrected chi connectivity index (χ4v) is 2.76. The molecule has 0 bridgehead atoms. The molecule has 0 aliphatic carbocycles. The first-order valence-corrected chi connectivity index (χ1v) is 10.1. The Morgan fingerprint density at radius 2 is 1.61 bits per heavy atom. The number of carbonyl (C=O) groups is 2. The third-order valence-electron chi connectivity index (χ3n) is 4.30. The van der Waals surface area contributed by atoms with E-state index in [-0.39, 0.29) is 12.4 Å². The van der Waals surface area contributed by atoms with E-state index in [1.54, 1.807) is 73.8 Å². The van der Waals surface area contributed by atoms with E-state index in [0.29, 0.717) is 33.4 Å². The Hall–Kier alpha value is -4.04. The monoisotopic (exact) mass is 468 g/mol. The summed E-state index contributed by atoms with van der Waals surface area (Å²) in [5.74, 6) is 0.715. The fraction of sp³-hybridized carbons (Fsp3) is 0.125. The van der Waals surface area contributed by atoms with E-state index in [4.69, 9.17) is 30.5 Å². The van der Waals surface area contributed by atoms with Gasteiger partial charge < -0.3 is 18.9 Å². The summed E-state index contributed by atoms with van der Waals surface area (Å²) in [6.07, 6.45) is 1.41. The van der Waals surface area contributed by atoms with Gasteiger partial charge in [0.25, 0.3) is 5.91 Å². The number of nitrogens with one attached hydrogen (secondary N) is 1. The van der Waals surface area contributed by atoms with E-state index in [1.807, 2.05) is 0 Å². The van der Waals surface area contributed by atoms with Crippen LogP contribution in [0, 0.1) is 0 Å². The summed E-state index contributed by atoms with van der Waals surface area (Å²) in [7, 11) is 3.01. The van der Waals surface area contributed by atoms with Crippen LogP contribution < -0.4 is 24.4 Å². The fourth-order valence-electron chi connectivity index (χ4n) is 2.63. The molecule has 8 nitrogen and oxygen atoms in total. The summed E-state index contributed by atoms with van der Waals surface area (Å²) < 4.78 is 21.2. The van der Waals surface area contributed by atoms with Gasteiger partial charge in [0.2, 0.25) is 0 Å². The number of hydrazone groups is 1. The van der Waals surface area contributed by atoms with Gasteiger partial charge in [0.1, 0.15) is 11.5 Å². The van der Waals surface area contributed by atoms with E-state index < -0.39 is 11.9 Å². The highest BCUT2D eigenvalue weighted by Gasteiger charge is 2.13. The molecule has 0 aliphatic rings. The molecule has 3 rings (SSSR count). The summed E-state index contributed by atoms with van der Waals surface area (Å²) >= 11 is 5.81. The molecule has 0 saturated carbocycles. The van der Waals surface area contributed by atoms with E-state index in [0.717, 1.165) is 0 Å². The van der Waals surface area contributed by atoms with Crippen LogP contribution in [-0.2, 0) is 4.79 Å². The Bertz CT molecular complexity index is 1130. The Labute approximate surface area is 195 Å². The molecule has 170 valence electrons. The smallest absolute Gasteiger partial charge is 0.343 e. The van der Waals surface area contributed by atoms with Gasteiger partial charge in [-0.1, -0.05) is 11.6 Å². The lowest BCUT2D eigenvalue weighted by Gasteiger charge is -2.10. The minimum atomic E-state index is -0.558. The molecule has 0 aromatic heterocycles. The average Bonchev–Trinajstić information content (AvgIpc) is 2.84. The van der Waals surface area contributed by atoms with Crippen LogP contribution in [0.3, 0.4) is 0 Å². The second-order valence-electron chi connectivity index (χ2n) is 6.56. The first kappa shape index (κ1) is 23.6. The molecular formula is C24H21ClN2O6. The van der Waals surface area contributed by atoms with Gasteiger partial charge in [-0.05, 0) is 72.3 Å². The molecular weight excluding hydrogens is 448 g/mol. The lowest BCUT2D eigenvalue weighted by atomic mass is 10.2. The summed E-state index contributed by atoms with van der Waals surface area (Å²) in [5, 5.41) is 4.47. The van der Waals surface area contributed by atoms with E-state index in [1.165, 1.54) is 13.3 Å². The Morgan fingerprint density at radius 3 is 2.27 bits per heavy atom. The molecule has 0 saturated heterocycles. The summed E-state index contributed by atoms with van der Waals surface area (Å²) in [4.78, 5) is 24.4. The van der Waals surface area contributed by atoms with Crippen molar-refractivity contribution >= 4 is 29.7 Å². The van der Waals surface area contributed by atoms with Crippen molar-refractivity contribution in [1.29, 1.82) is 0 Å². The number of rotatable bonds is 9. The Balaban J connectivity index is 1.59. The zero-order valence-corrected chi connectivity index (χ0v) is 18.7. The molecule has 0 unspecified atom stereocenters.